The molecule has 1 fully saturated rings. The molecule has 1 heterocycles. The van der Waals surface area contributed by atoms with Gasteiger partial charge < -0.3 is 4.74 Å². The molecule has 3 aromatic carbocycles. The largest absolute Gasteiger partial charge is 0.483 e. The van der Waals surface area contributed by atoms with E-state index in [1.54, 1.807) is 5.01 Å². The van der Waals surface area contributed by atoms with E-state index in [9.17, 15) is 4.79 Å². The van der Waals surface area contributed by atoms with Gasteiger partial charge in [-0.1, -0.05) is 65.7 Å². The van der Waals surface area contributed by atoms with Gasteiger partial charge >= 0.3 is 0 Å². The first-order valence-electron chi connectivity index (χ1n) is 11.8. The summed E-state index contributed by atoms with van der Waals surface area (Å²) in [7, 11) is 0. The molecule has 6 heteroatoms. The van der Waals surface area contributed by atoms with Crippen LogP contribution in [-0.4, -0.2) is 23.2 Å². The molecule has 2 atom stereocenters. The monoisotopic (exact) mass is 504 g/mol. The van der Waals surface area contributed by atoms with Crippen LogP contribution in [0, 0.1) is 12.8 Å². The summed E-state index contributed by atoms with van der Waals surface area (Å²) >= 11 is 12.2. The number of amides is 1. The van der Waals surface area contributed by atoms with Crippen molar-refractivity contribution in [3.05, 3.63) is 105 Å². The molecule has 0 spiro atoms. The number of carbonyl (C=O) groups is 1. The van der Waals surface area contributed by atoms with E-state index in [4.69, 9.17) is 33.0 Å². The number of fused-ring (bicyclic) bond motifs is 1. The molecule has 35 heavy (non-hydrogen) atoms. The van der Waals surface area contributed by atoms with Gasteiger partial charge in [0, 0.05) is 16.0 Å². The Morgan fingerprint density at radius 2 is 1.71 bits per heavy atom. The summed E-state index contributed by atoms with van der Waals surface area (Å²) in [4.78, 5) is 13.5. The number of ether oxygens (including phenoxy) is 1. The van der Waals surface area contributed by atoms with Gasteiger partial charge in [0.05, 0.1) is 11.8 Å². The van der Waals surface area contributed by atoms with Crippen LogP contribution in [0.1, 0.15) is 42.0 Å². The number of hydrogen-bond donors (Lipinski definition) is 0. The number of nitrogens with zero attached hydrogens (tertiary/aromatic N) is 2. The van der Waals surface area contributed by atoms with Crippen LogP contribution < -0.4 is 4.74 Å². The molecule has 0 N–H and O–H groups in total. The van der Waals surface area contributed by atoms with Crippen LogP contribution in [0.5, 0.6) is 5.75 Å². The standard InChI is InChI=1S/C29H26Cl2N2O2/c1-19-5-2-3-8-26(19)35-18-27(34)33-29(21-11-15-24(31)16-12-21)25-7-4-6-22(28(25)32-33)17-20-9-13-23(30)14-10-20/h2-3,5,8-17,25,29H,4,6-7,18H2,1H3/b22-17+/t25-,29+/m1/s1. The van der Waals surface area contributed by atoms with E-state index in [0.29, 0.717) is 15.8 Å². The van der Waals surface area contributed by atoms with E-state index in [1.165, 1.54) is 0 Å². The van der Waals surface area contributed by atoms with Crippen LogP contribution in [-0.2, 0) is 4.79 Å². The average Bonchev–Trinajstić information content (AvgIpc) is 3.26. The smallest absolute Gasteiger partial charge is 0.281 e. The van der Waals surface area contributed by atoms with Gasteiger partial charge in [-0.2, -0.15) is 5.10 Å². The SMILES string of the molecule is Cc1ccccc1OCC(=O)N1N=C2/C(=C/c3ccc(Cl)cc3)CCC[C@H]2[C@@H]1c1ccc(Cl)cc1. The third-order valence-corrected chi connectivity index (χ3v) is 7.13. The maximum atomic E-state index is 13.5. The first-order chi connectivity index (χ1) is 17.0. The number of rotatable bonds is 5. The first kappa shape index (κ1) is 23.7. The van der Waals surface area contributed by atoms with Crippen molar-refractivity contribution in [2.45, 2.75) is 32.2 Å². The Morgan fingerprint density at radius 3 is 2.43 bits per heavy atom. The van der Waals surface area contributed by atoms with Gasteiger partial charge in [-0.25, -0.2) is 5.01 Å². The highest BCUT2D eigenvalue weighted by molar-refractivity contribution is 6.30. The fourth-order valence-electron chi connectivity index (χ4n) is 4.88. The van der Waals surface area contributed by atoms with Crippen molar-refractivity contribution in [3.8, 4) is 5.75 Å². The second kappa shape index (κ2) is 10.3. The van der Waals surface area contributed by atoms with Crippen LogP contribution >= 0.6 is 23.2 Å². The fourth-order valence-corrected chi connectivity index (χ4v) is 5.14. The number of hydrogen-bond acceptors (Lipinski definition) is 3. The Bertz CT molecular complexity index is 1280. The lowest BCUT2D eigenvalue weighted by Crippen LogP contribution is -2.34. The zero-order valence-electron chi connectivity index (χ0n) is 19.5. The molecule has 0 bridgehead atoms. The molecule has 1 aliphatic heterocycles. The number of allylic oxidation sites excluding steroid dienone is 1. The third-order valence-electron chi connectivity index (χ3n) is 6.62. The number of halogens is 2. The molecule has 0 unspecified atom stereocenters. The predicted molar refractivity (Wildman–Crippen MR) is 142 cm³/mol. The van der Waals surface area contributed by atoms with E-state index in [1.807, 2.05) is 79.7 Å². The highest BCUT2D eigenvalue weighted by Gasteiger charge is 2.43. The summed E-state index contributed by atoms with van der Waals surface area (Å²) in [6.07, 6.45) is 5.09. The Morgan fingerprint density at radius 1 is 1.03 bits per heavy atom. The zero-order chi connectivity index (χ0) is 24.4. The third kappa shape index (κ3) is 5.14. The van der Waals surface area contributed by atoms with Crippen molar-refractivity contribution in [2.24, 2.45) is 11.0 Å². The maximum Gasteiger partial charge on any atom is 0.281 e. The van der Waals surface area contributed by atoms with Crippen LogP contribution in [0.15, 0.2) is 83.5 Å². The van der Waals surface area contributed by atoms with Crippen LogP contribution in [0.25, 0.3) is 6.08 Å². The van der Waals surface area contributed by atoms with E-state index in [-0.39, 0.29) is 24.5 Å². The Kier molecular flexibility index (Phi) is 6.94. The molecule has 1 amide bonds. The quantitative estimate of drug-likeness (QED) is 0.360. The number of hydrazone groups is 1. The summed E-state index contributed by atoms with van der Waals surface area (Å²) in [6.45, 7) is 1.89. The normalized spacial score (nSPS) is 20.5. The van der Waals surface area contributed by atoms with Gasteiger partial charge in [0.2, 0.25) is 0 Å². The van der Waals surface area contributed by atoms with Crippen molar-refractivity contribution in [3.63, 3.8) is 0 Å². The van der Waals surface area contributed by atoms with E-state index >= 15 is 0 Å². The predicted octanol–water partition coefficient (Wildman–Crippen LogP) is 7.50. The Balaban J connectivity index is 1.47. The van der Waals surface area contributed by atoms with E-state index in [0.717, 1.165) is 47.2 Å². The molecular formula is C29H26Cl2N2O2. The molecule has 4 nitrogen and oxygen atoms in total. The number of para-hydroxylation sites is 1. The summed E-state index contributed by atoms with van der Waals surface area (Å²) in [5, 5.41) is 7.92. The van der Waals surface area contributed by atoms with Crippen LogP contribution in [0.3, 0.4) is 0 Å². The molecule has 0 radical (unpaired) electrons. The Hall–Kier alpha value is -3.08. The topological polar surface area (TPSA) is 41.9 Å². The lowest BCUT2D eigenvalue weighted by atomic mass is 9.77. The molecule has 1 saturated carbocycles. The van der Waals surface area contributed by atoms with Gasteiger partial charge in [0.15, 0.2) is 6.61 Å². The van der Waals surface area contributed by atoms with Crippen molar-refractivity contribution in [1.82, 2.24) is 5.01 Å². The second-order valence-corrected chi connectivity index (χ2v) is 9.87. The zero-order valence-corrected chi connectivity index (χ0v) is 21.0. The summed E-state index contributed by atoms with van der Waals surface area (Å²) < 4.78 is 5.89. The van der Waals surface area contributed by atoms with Crippen molar-refractivity contribution >= 4 is 40.9 Å². The minimum atomic E-state index is -0.191. The lowest BCUT2D eigenvalue weighted by Gasteiger charge is -2.29. The number of benzene rings is 3. The first-order valence-corrected chi connectivity index (χ1v) is 12.6. The lowest BCUT2D eigenvalue weighted by molar-refractivity contribution is -0.135. The summed E-state index contributed by atoms with van der Waals surface area (Å²) in [5.74, 6) is 0.656. The van der Waals surface area contributed by atoms with Gasteiger partial charge in [-0.3, -0.25) is 4.79 Å². The molecule has 5 rings (SSSR count). The molecule has 178 valence electrons. The minimum Gasteiger partial charge on any atom is -0.483 e. The van der Waals surface area contributed by atoms with Gasteiger partial charge in [-0.15, -0.1) is 0 Å². The van der Waals surface area contributed by atoms with Crippen LogP contribution in [0.2, 0.25) is 10.0 Å². The highest BCUT2D eigenvalue weighted by Crippen LogP contribution is 2.44. The van der Waals surface area contributed by atoms with Gasteiger partial charge in [-0.05, 0) is 84.9 Å². The van der Waals surface area contributed by atoms with Crippen LogP contribution in [0.4, 0.5) is 0 Å². The van der Waals surface area contributed by atoms with Crippen molar-refractivity contribution < 1.29 is 9.53 Å². The van der Waals surface area contributed by atoms with E-state index < -0.39 is 0 Å². The van der Waals surface area contributed by atoms with E-state index in [2.05, 4.69) is 6.08 Å². The number of aryl methyl sites for hydroxylation is 1. The molecule has 0 aromatic heterocycles. The van der Waals surface area contributed by atoms with Gasteiger partial charge in [0.1, 0.15) is 5.75 Å². The maximum absolute atomic E-state index is 13.5. The molecule has 0 saturated heterocycles. The fraction of sp³-hybridized carbons (Fsp3) is 0.241. The minimum absolute atomic E-state index is 0.0747. The highest BCUT2D eigenvalue weighted by atomic mass is 35.5. The summed E-state index contributed by atoms with van der Waals surface area (Å²) in [5.41, 5.74) is 5.23. The second-order valence-electron chi connectivity index (χ2n) is 8.99. The van der Waals surface area contributed by atoms with Gasteiger partial charge in [0.25, 0.3) is 5.91 Å². The molecule has 2 aliphatic rings. The number of carbonyl (C=O) groups excluding carboxylic acids is 1. The Labute approximate surface area is 215 Å². The van der Waals surface area contributed by atoms with Crippen molar-refractivity contribution in [2.75, 3.05) is 6.61 Å². The summed E-state index contributed by atoms with van der Waals surface area (Å²) in [6, 6.07) is 23.0. The van der Waals surface area contributed by atoms with Crippen molar-refractivity contribution in [1.29, 1.82) is 0 Å². The molecular weight excluding hydrogens is 479 g/mol. The average molecular weight is 505 g/mol. The molecule has 1 aliphatic carbocycles. The molecule has 3 aromatic rings.